The fraction of sp³-hybridized carbons (Fsp3) is 0.308. The minimum atomic E-state index is -0.522. The average molecular weight is 329 g/mol. The number of nitrogens with zero attached hydrogens (tertiary/aromatic N) is 2. The van der Waals surface area contributed by atoms with Gasteiger partial charge in [0.1, 0.15) is 11.6 Å². The van der Waals surface area contributed by atoms with Gasteiger partial charge in [-0.15, -0.1) is 5.10 Å². The summed E-state index contributed by atoms with van der Waals surface area (Å²) >= 11 is 6.87. The molecule has 2 N–H and O–H groups in total. The van der Waals surface area contributed by atoms with E-state index in [4.69, 9.17) is 11.6 Å². The number of rotatable bonds is 5. The summed E-state index contributed by atoms with van der Waals surface area (Å²) in [5, 5.41) is 9.96. The Hall–Kier alpha value is -1.60. The molecular weight excluding hydrogens is 315 g/mol. The van der Waals surface area contributed by atoms with E-state index in [0.29, 0.717) is 10.8 Å². The maximum Gasteiger partial charge on any atom is 0.234 e. The first kappa shape index (κ1) is 15.8. The van der Waals surface area contributed by atoms with Crippen molar-refractivity contribution in [2.45, 2.75) is 24.9 Å². The number of nitrogens with one attached hydrogen (secondary N) is 2. The van der Waals surface area contributed by atoms with Gasteiger partial charge in [-0.2, -0.15) is 0 Å². The molecular formula is C13H14ClFN4OS. The number of thioether (sulfide) groups is 1. The number of aromatic amines is 1. The molecule has 0 fully saturated rings. The van der Waals surface area contributed by atoms with Crippen molar-refractivity contribution < 1.29 is 9.18 Å². The van der Waals surface area contributed by atoms with E-state index in [-0.39, 0.29) is 22.6 Å². The van der Waals surface area contributed by atoms with Gasteiger partial charge in [0.15, 0.2) is 0 Å². The average Bonchev–Trinajstić information content (AvgIpc) is 2.90. The fourth-order valence-corrected chi connectivity index (χ4v) is 2.27. The number of carbonyl (C=O) groups is 1. The number of H-pyrrole nitrogens is 1. The lowest BCUT2D eigenvalue weighted by Gasteiger charge is -2.04. The van der Waals surface area contributed by atoms with Gasteiger partial charge in [-0.25, -0.2) is 9.37 Å². The Morgan fingerprint density at radius 2 is 2.29 bits per heavy atom. The molecule has 21 heavy (non-hydrogen) atoms. The number of amides is 1. The largest absolute Gasteiger partial charge is 0.325 e. The van der Waals surface area contributed by atoms with Crippen molar-refractivity contribution in [2.75, 3.05) is 11.1 Å². The van der Waals surface area contributed by atoms with Crippen LogP contribution in [0.5, 0.6) is 0 Å². The van der Waals surface area contributed by atoms with Crippen molar-refractivity contribution in [1.82, 2.24) is 15.2 Å². The molecule has 112 valence electrons. The maximum atomic E-state index is 13.0. The summed E-state index contributed by atoms with van der Waals surface area (Å²) in [6, 6.07) is 4.02. The highest BCUT2D eigenvalue weighted by Gasteiger charge is 2.10. The zero-order valence-corrected chi connectivity index (χ0v) is 13.1. The predicted molar refractivity (Wildman–Crippen MR) is 81.2 cm³/mol. The molecule has 0 saturated heterocycles. The lowest BCUT2D eigenvalue weighted by Crippen LogP contribution is -2.14. The zero-order chi connectivity index (χ0) is 15.4. The van der Waals surface area contributed by atoms with Gasteiger partial charge in [-0.1, -0.05) is 37.2 Å². The van der Waals surface area contributed by atoms with Crippen molar-refractivity contribution in [3.05, 3.63) is 34.9 Å². The summed E-state index contributed by atoms with van der Waals surface area (Å²) in [5.41, 5.74) is 0.449. The zero-order valence-electron chi connectivity index (χ0n) is 11.5. The van der Waals surface area contributed by atoms with Gasteiger partial charge in [0.25, 0.3) is 0 Å². The first-order valence-corrected chi connectivity index (χ1v) is 7.62. The van der Waals surface area contributed by atoms with Crippen molar-refractivity contribution >= 4 is 35.0 Å². The number of hydrogen-bond donors (Lipinski definition) is 2. The van der Waals surface area contributed by atoms with Gasteiger partial charge in [0.05, 0.1) is 10.8 Å². The first-order chi connectivity index (χ1) is 9.95. The van der Waals surface area contributed by atoms with Crippen LogP contribution in [-0.2, 0) is 4.79 Å². The molecule has 2 rings (SSSR count). The van der Waals surface area contributed by atoms with Crippen molar-refractivity contribution in [1.29, 1.82) is 0 Å². The van der Waals surface area contributed by atoms with Crippen LogP contribution in [0.1, 0.15) is 25.6 Å². The highest BCUT2D eigenvalue weighted by atomic mass is 35.5. The van der Waals surface area contributed by atoms with Gasteiger partial charge in [-0.05, 0) is 18.2 Å². The van der Waals surface area contributed by atoms with Crippen LogP contribution >= 0.6 is 23.4 Å². The van der Waals surface area contributed by atoms with E-state index in [2.05, 4.69) is 20.5 Å². The molecule has 0 aliphatic heterocycles. The lowest BCUT2D eigenvalue weighted by atomic mass is 10.2. The monoisotopic (exact) mass is 328 g/mol. The summed E-state index contributed by atoms with van der Waals surface area (Å²) < 4.78 is 13.0. The molecule has 0 saturated carbocycles. The van der Waals surface area contributed by atoms with Crippen LogP contribution in [0, 0.1) is 5.82 Å². The minimum Gasteiger partial charge on any atom is -0.325 e. The van der Waals surface area contributed by atoms with E-state index in [1.165, 1.54) is 30.0 Å². The SMILES string of the molecule is CC(C)c1nc(SCC(=O)Nc2ccc(F)c(Cl)c2)n[nH]1. The van der Waals surface area contributed by atoms with Crippen LogP contribution in [0.4, 0.5) is 10.1 Å². The Bertz CT molecular complexity index is 647. The van der Waals surface area contributed by atoms with Crippen molar-refractivity contribution in [2.24, 2.45) is 0 Å². The Balaban J connectivity index is 1.88. The molecule has 0 aliphatic rings. The van der Waals surface area contributed by atoms with Crippen LogP contribution in [-0.4, -0.2) is 26.8 Å². The topological polar surface area (TPSA) is 70.7 Å². The third kappa shape index (κ3) is 4.44. The number of hydrogen-bond acceptors (Lipinski definition) is 4. The summed E-state index contributed by atoms with van der Waals surface area (Å²) in [7, 11) is 0. The molecule has 0 bridgehead atoms. The van der Waals surface area contributed by atoms with Gasteiger partial charge in [-0.3, -0.25) is 9.89 Å². The smallest absolute Gasteiger partial charge is 0.234 e. The summed E-state index contributed by atoms with van der Waals surface area (Å²) in [6.45, 7) is 4.00. The van der Waals surface area contributed by atoms with Gasteiger partial charge in [0, 0.05) is 11.6 Å². The quantitative estimate of drug-likeness (QED) is 0.825. The van der Waals surface area contributed by atoms with Gasteiger partial charge >= 0.3 is 0 Å². The van der Waals surface area contributed by atoms with Gasteiger partial charge < -0.3 is 5.32 Å². The highest BCUT2D eigenvalue weighted by molar-refractivity contribution is 7.99. The molecule has 0 radical (unpaired) electrons. The molecule has 1 amide bonds. The second-order valence-electron chi connectivity index (χ2n) is 4.62. The lowest BCUT2D eigenvalue weighted by molar-refractivity contribution is -0.113. The third-order valence-corrected chi connectivity index (χ3v) is 3.70. The molecule has 1 aromatic carbocycles. The second-order valence-corrected chi connectivity index (χ2v) is 5.97. The van der Waals surface area contributed by atoms with Crippen molar-refractivity contribution in [3.63, 3.8) is 0 Å². The fourth-order valence-electron chi connectivity index (χ4n) is 1.48. The Labute approximate surface area is 130 Å². The van der Waals surface area contributed by atoms with E-state index in [0.717, 1.165) is 5.82 Å². The molecule has 1 aromatic heterocycles. The number of anilines is 1. The standard InChI is InChI=1S/C13H14ClFN4OS/c1-7(2)12-17-13(19-18-12)21-6-11(20)16-8-3-4-10(15)9(14)5-8/h3-5,7H,6H2,1-2H3,(H,16,20)(H,17,18,19). The predicted octanol–water partition coefficient (Wildman–Crippen LogP) is 3.45. The van der Waals surface area contributed by atoms with Gasteiger partial charge in [0.2, 0.25) is 11.1 Å². The first-order valence-electron chi connectivity index (χ1n) is 6.25. The number of benzene rings is 1. The van der Waals surface area contributed by atoms with Crippen LogP contribution in [0.2, 0.25) is 5.02 Å². The van der Waals surface area contributed by atoms with E-state index >= 15 is 0 Å². The molecule has 0 atom stereocenters. The van der Waals surface area contributed by atoms with Crippen LogP contribution in [0.3, 0.4) is 0 Å². The Morgan fingerprint density at radius 3 is 2.90 bits per heavy atom. The molecule has 0 spiro atoms. The number of halogens is 2. The molecule has 2 aromatic rings. The number of aromatic nitrogens is 3. The summed E-state index contributed by atoms with van der Waals surface area (Å²) in [6.07, 6.45) is 0. The third-order valence-electron chi connectivity index (χ3n) is 2.56. The van der Waals surface area contributed by atoms with E-state index < -0.39 is 5.82 Å². The van der Waals surface area contributed by atoms with Crippen molar-refractivity contribution in [3.8, 4) is 0 Å². The molecule has 5 nitrogen and oxygen atoms in total. The van der Waals surface area contributed by atoms with Crippen LogP contribution in [0.25, 0.3) is 0 Å². The molecule has 0 unspecified atom stereocenters. The minimum absolute atomic E-state index is 0.0315. The molecule has 8 heteroatoms. The summed E-state index contributed by atoms with van der Waals surface area (Å²) in [5.74, 6) is 0.430. The number of carbonyl (C=O) groups excluding carboxylic acids is 1. The Kier molecular flexibility index (Phi) is 5.19. The van der Waals surface area contributed by atoms with E-state index in [9.17, 15) is 9.18 Å². The maximum absolute atomic E-state index is 13.0. The van der Waals surface area contributed by atoms with Crippen LogP contribution < -0.4 is 5.32 Å². The molecule has 0 aliphatic carbocycles. The Morgan fingerprint density at radius 1 is 1.52 bits per heavy atom. The van der Waals surface area contributed by atoms with E-state index in [1.54, 1.807) is 0 Å². The second kappa shape index (κ2) is 6.91. The summed E-state index contributed by atoms with van der Waals surface area (Å²) in [4.78, 5) is 16.0. The van der Waals surface area contributed by atoms with E-state index in [1.807, 2.05) is 13.8 Å². The normalized spacial score (nSPS) is 10.9. The van der Waals surface area contributed by atoms with Crippen LogP contribution in [0.15, 0.2) is 23.4 Å². The highest BCUT2D eigenvalue weighted by Crippen LogP contribution is 2.20. The molecule has 1 heterocycles.